The van der Waals surface area contributed by atoms with Crippen LogP contribution in [0.4, 0.5) is 10.3 Å². The van der Waals surface area contributed by atoms with Crippen LogP contribution in [0.15, 0.2) is 67.0 Å². The molecule has 0 saturated carbocycles. The molecule has 0 spiro atoms. The van der Waals surface area contributed by atoms with Gasteiger partial charge in [-0.2, -0.15) is 0 Å². The van der Waals surface area contributed by atoms with Crippen LogP contribution >= 0.6 is 0 Å². The topological polar surface area (TPSA) is 54.9 Å². The predicted molar refractivity (Wildman–Crippen MR) is 85.6 cm³/mol. The fraction of sp³-hybridized carbons (Fsp3) is 0.0556. The third-order valence-electron chi connectivity index (χ3n) is 3.34. The Morgan fingerprint density at radius 2 is 1.57 bits per heavy atom. The van der Waals surface area contributed by atoms with E-state index in [4.69, 9.17) is 0 Å². The maximum atomic E-state index is 13.5. The summed E-state index contributed by atoms with van der Waals surface area (Å²) in [6, 6.07) is 15.4. The minimum absolute atomic E-state index is 0.133. The number of nitrogens with zero attached hydrogens (tertiary/aromatic N) is 2. The highest BCUT2D eigenvalue weighted by Crippen LogP contribution is 2.11. The molecule has 3 rings (SSSR count). The standard InChI is InChI=1S/C18H14FN3O/c19-16-9-5-4-8-14(16)10-20-18-21-11-15(12-22-18)17(23)13-6-2-1-3-7-13/h1-9,11-12H,10H2,(H,20,21,22). The van der Waals surface area contributed by atoms with Crippen molar-refractivity contribution < 1.29 is 9.18 Å². The average Bonchev–Trinajstić information content (AvgIpc) is 2.62. The molecule has 3 aromatic rings. The molecule has 1 N–H and O–H groups in total. The average molecular weight is 307 g/mol. The van der Waals surface area contributed by atoms with Crippen LogP contribution in [-0.2, 0) is 6.54 Å². The van der Waals surface area contributed by atoms with Gasteiger partial charge in [-0.25, -0.2) is 14.4 Å². The SMILES string of the molecule is O=C(c1ccccc1)c1cnc(NCc2ccccc2F)nc1. The Morgan fingerprint density at radius 1 is 0.913 bits per heavy atom. The maximum Gasteiger partial charge on any atom is 0.222 e. The lowest BCUT2D eigenvalue weighted by molar-refractivity contribution is 0.103. The quantitative estimate of drug-likeness (QED) is 0.733. The highest BCUT2D eigenvalue weighted by molar-refractivity contribution is 6.08. The summed E-state index contributed by atoms with van der Waals surface area (Å²) in [6.45, 7) is 0.276. The Labute approximate surface area is 133 Å². The molecule has 114 valence electrons. The number of aromatic nitrogens is 2. The lowest BCUT2D eigenvalue weighted by atomic mass is 10.1. The van der Waals surface area contributed by atoms with Crippen LogP contribution < -0.4 is 5.32 Å². The Hall–Kier alpha value is -3.08. The van der Waals surface area contributed by atoms with Crippen LogP contribution in [0.25, 0.3) is 0 Å². The number of hydrogen-bond acceptors (Lipinski definition) is 4. The van der Waals surface area contributed by atoms with Gasteiger partial charge in [-0.3, -0.25) is 4.79 Å². The van der Waals surface area contributed by atoms with E-state index in [0.717, 1.165) is 0 Å². The molecule has 0 saturated heterocycles. The largest absolute Gasteiger partial charge is 0.350 e. The van der Waals surface area contributed by atoms with Gasteiger partial charge in [0.2, 0.25) is 5.95 Å². The summed E-state index contributed by atoms with van der Waals surface area (Å²) in [5, 5.41) is 2.93. The van der Waals surface area contributed by atoms with E-state index in [1.807, 2.05) is 6.07 Å². The number of benzene rings is 2. The fourth-order valence-corrected chi connectivity index (χ4v) is 2.11. The number of nitrogens with one attached hydrogen (secondary N) is 1. The molecule has 0 unspecified atom stereocenters. The van der Waals surface area contributed by atoms with E-state index < -0.39 is 0 Å². The van der Waals surface area contributed by atoms with E-state index in [2.05, 4.69) is 15.3 Å². The second-order valence-corrected chi connectivity index (χ2v) is 4.94. The van der Waals surface area contributed by atoms with Gasteiger partial charge in [0, 0.05) is 30.1 Å². The minimum atomic E-state index is -0.282. The van der Waals surface area contributed by atoms with Gasteiger partial charge in [0.15, 0.2) is 5.78 Å². The van der Waals surface area contributed by atoms with Gasteiger partial charge in [0.1, 0.15) is 5.82 Å². The molecule has 0 fully saturated rings. The molecule has 0 aliphatic heterocycles. The number of hydrogen-bond donors (Lipinski definition) is 1. The van der Waals surface area contributed by atoms with Crippen molar-refractivity contribution >= 4 is 11.7 Å². The lowest BCUT2D eigenvalue weighted by Crippen LogP contribution is -2.07. The summed E-state index contributed by atoms with van der Waals surface area (Å²) >= 11 is 0. The molecule has 1 aromatic heterocycles. The first kappa shape index (κ1) is 14.8. The molecule has 0 bridgehead atoms. The summed E-state index contributed by atoms with van der Waals surface area (Å²) in [5.74, 6) is -0.0694. The number of carbonyl (C=O) groups excluding carboxylic acids is 1. The highest BCUT2D eigenvalue weighted by atomic mass is 19.1. The van der Waals surface area contributed by atoms with Crippen molar-refractivity contribution in [1.29, 1.82) is 0 Å². The van der Waals surface area contributed by atoms with E-state index >= 15 is 0 Å². The monoisotopic (exact) mass is 307 g/mol. The first-order valence-electron chi connectivity index (χ1n) is 7.13. The number of ketones is 1. The zero-order valence-electron chi connectivity index (χ0n) is 12.2. The van der Waals surface area contributed by atoms with Gasteiger partial charge in [-0.05, 0) is 6.07 Å². The fourth-order valence-electron chi connectivity index (χ4n) is 2.11. The normalized spacial score (nSPS) is 10.3. The molecule has 0 amide bonds. The Bertz CT molecular complexity index is 804. The van der Waals surface area contributed by atoms with Crippen molar-refractivity contribution in [2.45, 2.75) is 6.54 Å². The van der Waals surface area contributed by atoms with E-state index in [1.165, 1.54) is 18.5 Å². The summed E-state index contributed by atoms with van der Waals surface area (Å²) in [6.07, 6.45) is 2.93. The molecule has 0 radical (unpaired) electrons. The minimum Gasteiger partial charge on any atom is -0.350 e. The summed E-state index contributed by atoms with van der Waals surface area (Å²) in [4.78, 5) is 20.4. The smallest absolute Gasteiger partial charge is 0.222 e. The molecular weight excluding hydrogens is 293 g/mol. The van der Waals surface area contributed by atoms with Crippen molar-refractivity contribution in [1.82, 2.24) is 9.97 Å². The third-order valence-corrected chi connectivity index (χ3v) is 3.34. The van der Waals surface area contributed by atoms with E-state index in [-0.39, 0.29) is 18.1 Å². The summed E-state index contributed by atoms with van der Waals surface area (Å²) in [7, 11) is 0. The van der Waals surface area contributed by atoms with Gasteiger partial charge >= 0.3 is 0 Å². The second kappa shape index (κ2) is 6.79. The van der Waals surface area contributed by atoms with Gasteiger partial charge < -0.3 is 5.32 Å². The zero-order chi connectivity index (χ0) is 16.1. The summed E-state index contributed by atoms with van der Waals surface area (Å²) in [5.41, 5.74) is 1.52. The molecule has 5 heteroatoms. The van der Waals surface area contributed by atoms with Crippen LogP contribution in [0.3, 0.4) is 0 Å². The van der Waals surface area contributed by atoms with Crippen molar-refractivity contribution in [2.75, 3.05) is 5.32 Å². The van der Waals surface area contributed by atoms with E-state index in [1.54, 1.807) is 42.5 Å². The van der Waals surface area contributed by atoms with Crippen molar-refractivity contribution in [3.63, 3.8) is 0 Å². The molecular formula is C18H14FN3O. The molecule has 2 aromatic carbocycles. The van der Waals surface area contributed by atoms with Crippen LogP contribution in [0.1, 0.15) is 21.5 Å². The number of halogens is 1. The van der Waals surface area contributed by atoms with Crippen molar-refractivity contribution in [3.05, 3.63) is 89.5 Å². The molecule has 4 nitrogen and oxygen atoms in total. The zero-order valence-corrected chi connectivity index (χ0v) is 12.2. The van der Waals surface area contributed by atoms with Crippen LogP contribution in [0.5, 0.6) is 0 Å². The Morgan fingerprint density at radius 3 is 2.26 bits per heavy atom. The number of anilines is 1. The maximum absolute atomic E-state index is 13.5. The van der Waals surface area contributed by atoms with Gasteiger partial charge in [0.25, 0.3) is 0 Å². The van der Waals surface area contributed by atoms with E-state index in [0.29, 0.717) is 22.6 Å². The third kappa shape index (κ3) is 3.58. The predicted octanol–water partition coefficient (Wildman–Crippen LogP) is 3.46. The second-order valence-electron chi connectivity index (χ2n) is 4.94. The Balaban J connectivity index is 1.68. The Kier molecular flexibility index (Phi) is 4.38. The molecule has 23 heavy (non-hydrogen) atoms. The van der Waals surface area contributed by atoms with Gasteiger partial charge in [0.05, 0.1) is 5.56 Å². The van der Waals surface area contributed by atoms with E-state index in [9.17, 15) is 9.18 Å². The van der Waals surface area contributed by atoms with Crippen molar-refractivity contribution in [3.8, 4) is 0 Å². The number of rotatable bonds is 5. The van der Waals surface area contributed by atoms with Gasteiger partial charge in [-0.1, -0.05) is 48.5 Å². The van der Waals surface area contributed by atoms with Crippen LogP contribution in [-0.4, -0.2) is 15.8 Å². The first-order valence-corrected chi connectivity index (χ1v) is 7.13. The van der Waals surface area contributed by atoms with Crippen LogP contribution in [0, 0.1) is 5.82 Å². The highest BCUT2D eigenvalue weighted by Gasteiger charge is 2.09. The number of carbonyl (C=O) groups is 1. The summed E-state index contributed by atoms with van der Waals surface area (Å²) < 4.78 is 13.5. The first-order chi connectivity index (χ1) is 11.2. The molecule has 0 aliphatic carbocycles. The molecule has 1 heterocycles. The van der Waals surface area contributed by atoms with Crippen LogP contribution in [0.2, 0.25) is 0 Å². The van der Waals surface area contributed by atoms with Crippen molar-refractivity contribution in [2.24, 2.45) is 0 Å². The van der Waals surface area contributed by atoms with Gasteiger partial charge in [-0.15, -0.1) is 0 Å². The lowest BCUT2D eigenvalue weighted by Gasteiger charge is -2.06. The molecule has 0 aliphatic rings. The molecule has 0 atom stereocenters.